The van der Waals surface area contributed by atoms with Crippen LogP contribution in [0.25, 0.3) is 11.1 Å². The van der Waals surface area contributed by atoms with Crippen molar-refractivity contribution in [1.82, 2.24) is 4.98 Å². The smallest absolute Gasteiger partial charge is 0.288 e. The molecule has 0 radical (unpaired) electrons. The Kier molecular flexibility index (Phi) is 2.39. The van der Waals surface area contributed by atoms with E-state index in [4.69, 9.17) is 15.4 Å². The van der Waals surface area contributed by atoms with Gasteiger partial charge >= 0.3 is 0 Å². The minimum absolute atomic E-state index is 0.0668. The second-order valence-electron chi connectivity index (χ2n) is 2.85. The molecule has 76 valence electrons. The minimum Gasteiger partial charge on any atom is -0.430 e. The highest BCUT2D eigenvalue weighted by molar-refractivity contribution is 7.85. The van der Waals surface area contributed by atoms with Crippen LogP contribution in [0.4, 0.5) is 5.69 Å². The number of nitrogen functional groups attached to an aromatic ring is 1. The largest absolute Gasteiger partial charge is 0.430 e. The molecule has 1 aromatic heterocycles. The van der Waals surface area contributed by atoms with Crippen LogP contribution in [0.2, 0.25) is 0 Å². The maximum atomic E-state index is 11.4. The molecule has 1 atom stereocenters. The number of oxazole rings is 1. The fraction of sp³-hybridized carbons (Fsp3) is 0.111. The molecule has 6 heteroatoms. The van der Waals surface area contributed by atoms with Crippen LogP contribution in [-0.4, -0.2) is 14.9 Å². The number of nitriles is 1. The second-order valence-corrected chi connectivity index (χ2v) is 4.18. The zero-order valence-corrected chi connectivity index (χ0v) is 8.45. The molecular weight excluding hydrogens is 214 g/mol. The fourth-order valence-electron chi connectivity index (χ4n) is 1.14. The van der Waals surface area contributed by atoms with Gasteiger partial charge < -0.3 is 10.2 Å². The van der Waals surface area contributed by atoms with Crippen LogP contribution in [0.15, 0.2) is 27.8 Å². The number of hydrogen-bond acceptors (Lipinski definition) is 5. The third kappa shape index (κ3) is 1.82. The molecule has 0 fully saturated rings. The number of benzene rings is 1. The van der Waals surface area contributed by atoms with Crippen molar-refractivity contribution in [2.45, 2.75) is 5.22 Å². The Bertz CT molecular complexity index is 570. The van der Waals surface area contributed by atoms with Gasteiger partial charge in [0.1, 0.15) is 22.1 Å². The first-order chi connectivity index (χ1) is 7.20. The highest BCUT2D eigenvalue weighted by Gasteiger charge is 2.12. The van der Waals surface area contributed by atoms with Crippen molar-refractivity contribution in [2.24, 2.45) is 0 Å². The lowest BCUT2D eigenvalue weighted by molar-refractivity contribution is 0.478. The topological polar surface area (TPSA) is 92.9 Å². The van der Waals surface area contributed by atoms with E-state index in [0.29, 0.717) is 16.8 Å². The number of rotatable bonds is 2. The Morgan fingerprint density at radius 3 is 3.13 bits per heavy atom. The highest BCUT2D eigenvalue weighted by Crippen LogP contribution is 2.19. The molecule has 5 nitrogen and oxygen atoms in total. The standard InChI is InChI=1S/C9H7N3O2S/c10-3-4-15(13)9-12-7-5-6(11)1-2-8(7)14-9/h1-2,5H,4,11H2. The predicted octanol–water partition coefficient (Wildman–Crippen LogP) is 1.04. The van der Waals surface area contributed by atoms with E-state index in [-0.39, 0.29) is 11.0 Å². The van der Waals surface area contributed by atoms with Gasteiger partial charge in [-0.2, -0.15) is 5.26 Å². The number of aromatic nitrogens is 1. The summed E-state index contributed by atoms with van der Waals surface area (Å²) in [6.07, 6.45) is 0. The summed E-state index contributed by atoms with van der Waals surface area (Å²) in [6.45, 7) is 0. The fourth-order valence-corrected chi connectivity index (χ4v) is 1.76. The summed E-state index contributed by atoms with van der Waals surface area (Å²) in [6, 6.07) is 6.76. The maximum Gasteiger partial charge on any atom is 0.288 e. The summed E-state index contributed by atoms with van der Waals surface area (Å²) in [4.78, 5) is 3.99. The van der Waals surface area contributed by atoms with E-state index < -0.39 is 10.8 Å². The number of fused-ring (bicyclic) bond motifs is 1. The normalized spacial score (nSPS) is 12.5. The van der Waals surface area contributed by atoms with Gasteiger partial charge in [-0.3, -0.25) is 0 Å². The first-order valence-electron chi connectivity index (χ1n) is 4.12. The molecule has 0 aliphatic carbocycles. The van der Waals surface area contributed by atoms with Gasteiger partial charge in [-0.1, -0.05) is 0 Å². The number of nitrogens with two attached hydrogens (primary N) is 1. The molecule has 0 amide bonds. The summed E-state index contributed by atoms with van der Waals surface area (Å²) in [5.74, 6) is -0.123. The molecule has 0 saturated carbocycles. The van der Waals surface area contributed by atoms with Crippen molar-refractivity contribution in [3.05, 3.63) is 18.2 Å². The molecule has 2 aromatic rings. The van der Waals surface area contributed by atoms with Crippen LogP contribution >= 0.6 is 0 Å². The minimum atomic E-state index is -1.50. The van der Waals surface area contributed by atoms with E-state index >= 15 is 0 Å². The molecule has 1 unspecified atom stereocenters. The van der Waals surface area contributed by atoms with Crippen LogP contribution in [0.1, 0.15) is 0 Å². The second kappa shape index (κ2) is 3.71. The van der Waals surface area contributed by atoms with E-state index in [0.717, 1.165) is 0 Å². The molecule has 2 N–H and O–H groups in total. The highest BCUT2D eigenvalue weighted by atomic mass is 32.2. The Balaban J connectivity index is 2.48. The molecule has 0 aliphatic heterocycles. The number of anilines is 1. The van der Waals surface area contributed by atoms with Crippen molar-refractivity contribution >= 4 is 27.6 Å². The Hall–Kier alpha value is -1.87. The Labute approximate surface area is 88.0 Å². The zero-order chi connectivity index (χ0) is 10.8. The van der Waals surface area contributed by atoms with Crippen molar-refractivity contribution in [3.8, 4) is 6.07 Å². The number of nitrogens with zero attached hydrogens (tertiary/aromatic N) is 2. The molecule has 15 heavy (non-hydrogen) atoms. The van der Waals surface area contributed by atoms with Crippen LogP contribution in [0.5, 0.6) is 0 Å². The molecule has 0 bridgehead atoms. The average molecular weight is 221 g/mol. The molecule has 1 heterocycles. The van der Waals surface area contributed by atoms with Gasteiger partial charge in [-0.15, -0.1) is 0 Å². The van der Waals surface area contributed by atoms with Crippen LogP contribution < -0.4 is 5.73 Å². The van der Waals surface area contributed by atoms with Crippen LogP contribution in [0, 0.1) is 11.3 Å². The van der Waals surface area contributed by atoms with Crippen LogP contribution in [0.3, 0.4) is 0 Å². The monoisotopic (exact) mass is 221 g/mol. The van der Waals surface area contributed by atoms with E-state index in [1.54, 1.807) is 24.3 Å². The zero-order valence-electron chi connectivity index (χ0n) is 7.64. The van der Waals surface area contributed by atoms with Gasteiger partial charge in [0.15, 0.2) is 5.58 Å². The van der Waals surface area contributed by atoms with E-state index in [1.165, 1.54) is 0 Å². The van der Waals surface area contributed by atoms with Gasteiger partial charge in [0.25, 0.3) is 5.22 Å². The lowest BCUT2D eigenvalue weighted by Crippen LogP contribution is -1.94. The summed E-state index contributed by atoms with van der Waals surface area (Å²) >= 11 is 0. The van der Waals surface area contributed by atoms with Gasteiger partial charge in [-0.25, -0.2) is 9.19 Å². The van der Waals surface area contributed by atoms with Crippen molar-refractivity contribution < 1.29 is 8.63 Å². The summed E-state index contributed by atoms with van der Waals surface area (Å²) in [5, 5.41) is 8.45. The lowest BCUT2D eigenvalue weighted by Gasteiger charge is -1.88. The molecule has 1 aromatic carbocycles. The molecule has 0 aliphatic rings. The Morgan fingerprint density at radius 2 is 2.40 bits per heavy atom. The number of hydrogen-bond donors (Lipinski definition) is 1. The molecule has 2 rings (SSSR count). The maximum absolute atomic E-state index is 11.4. The van der Waals surface area contributed by atoms with Gasteiger partial charge in [0.2, 0.25) is 0 Å². The SMILES string of the molecule is N#CCS(=O)c1nc2cc(N)ccc2o1. The van der Waals surface area contributed by atoms with Crippen LogP contribution in [-0.2, 0) is 10.8 Å². The van der Waals surface area contributed by atoms with Gasteiger partial charge in [0, 0.05) is 5.69 Å². The lowest BCUT2D eigenvalue weighted by atomic mass is 10.3. The van der Waals surface area contributed by atoms with Crippen molar-refractivity contribution in [3.63, 3.8) is 0 Å². The quantitative estimate of drug-likeness (QED) is 0.765. The first kappa shape index (κ1) is 9.68. The van der Waals surface area contributed by atoms with Gasteiger partial charge in [0.05, 0.1) is 6.07 Å². The van der Waals surface area contributed by atoms with E-state index in [9.17, 15) is 4.21 Å². The van der Waals surface area contributed by atoms with Gasteiger partial charge in [-0.05, 0) is 18.2 Å². The molecular formula is C9H7N3O2S. The Morgan fingerprint density at radius 1 is 1.60 bits per heavy atom. The third-order valence-corrected chi connectivity index (χ3v) is 2.74. The molecule has 0 saturated heterocycles. The van der Waals surface area contributed by atoms with E-state index in [2.05, 4.69) is 4.98 Å². The average Bonchev–Trinajstić information content (AvgIpc) is 2.60. The van der Waals surface area contributed by atoms with Crippen molar-refractivity contribution in [2.75, 3.05) is 11.5 Å². The summed E-state index contributed by atoms with van der Waals surface area (Å²) < 4.78 is 16.6. The third-order valence-electron chi connectivity index (χ3n) is 1.78. The predicted molar refractivity (Wildman–Crippen MR) is 55.3 cm³/mol. The summed E-state index contributed by atoms with van der Waals surface area (Å²) in [7, 11) is -1.50. The summed E-state index contributed by atoms with van der Waals surface area (Å²) in [5.41, 5.74) is 7.19. The van der Waals surface area contributed by atoms with Crippen molar-refractivity contribution in [1.29, 1.82) is 5.26 Å². The molecule has 0 spiro atoms. The van der Waals surface area contributed by atoms with E-state index in [1.807, 2.05) is 0 Å². The first-order valence-corrected chi connectivity index (χ1v) is 5.44.